The second-order valence-electron chi connectivity index (χ2n) is 2.83. The summed E-state index contributed by atoms with van der Waals surface area (Å²) in [6.07, 6.45) is -4.42. The van der Waals surface area contributed by atoms with E-state index in [9.17, 15) is 18.0 Å². The van der Waals surface area contributed by atoms with E-state index in [4.69, 9.17) is 10.8 Å². The molecule has 0 unspecified atom stereocenters. The van der Waals surface area contributed by atoms with Crippen LogP contribution in [0, 0.1) is 17.8 Å². The summed E-state index contributed by atoms with van der Waals surface area (Å²) in [6, 6.07) is 0. The number of nitrogens with two attached hydrogens (primary N) is 1. The summed E-state index contributed by atoms with van der Waals surface area (Å²) in [6.45, 7) is -0.221. The first-order chi connectivity index (χ1) is 5.39. The molecule has 0 amide bonds. The highest BCUT2D eigenvalue weighted by atomic mass is 19.4. The number of carboxylic acids is 1. The number of carbonyl (C=O) groups is 1. The summed E-state index contributed by atoms with van der Waals surface area (Å²) in [5.74, 6) is -5.40. The Morgan fingerprint density at radius 1 is 1.50 bits per heavy atom. The van der Waals surface area contributed by atoms with Crippen LogP contribution in [-0.2, 0) is 4.79 Å². The normalized spacial score (nSPS) is 34.8. The highest BCUT2D eigenvalue weighted by molar-refractivity contribution is 5.74. The fourth-order valence-electron chi connectivity index (χ4n) is 1.45. The summed E-state index contributed by atoms with van der Waals surface area (Å²) in [7, 11) is 0. The van der Waals surface area contributed by atoms with E-state index in [1.807, 2.05) is 0 Å². The van der Waals surface area contributed by atoms with E-state index >= 15 is 0 Å². The Morgan fingerprint density at radius 3 is 2.08 bits per heavy atom. The number of hydrogen-bond donors (Lipinski definition) is 2. The van der Waals surface area contributed by atoms with Gasteiger partial charge >= 0.3 is 12.1 Å². The zero-order valence-electron chi connectivity index (χ0n) is 6.01. The van der Waals surface area contributed by atoms with Crippen LogP contribution < -0.4 is 5.73 Å². The van der Waals surface area contributed by atoms with Gasteiger partial charge < -0.3 is 10.8 Å². The fourth-order valence-corrected chi connectivity index (χ4v) is 1.45. The number of halogens is 3. The van der Waals surface area contributed by atoms with Crippen molar-refractivity contribution in [3.8, 4) is 0 Å². The molecule has 0 aromatic rings. The molecule has 0 bridgehead atoms. The molecular formula is C6H8F3NO2. The second kappa shape index (κ2) is 2.62. The van der Waals surface area contributed by atoms with Gasteiger partial charge in [0.05, 0.1) is 11.8 Å². The minimum Gasteiger partial charge on any atom is -0.481 e. The molecule has 12 heavy (non-hydrogen) atoms. The first-order valence-corrected chi connectivity index (χ1v) is 3.39. The SMILES string of the molecule is NC[C@@H]1[C@H](C(=O)O)[C@H]1C(F)(F)F. The molecule has 70 valence electrons. The lowest BCUT2D eigenvalue weighted by atomic mass is 10.3. The molecule has 0 spiro atoms. The lowest BCUT2D eigenvalue weighted by Gasteiger charge is -2.02. The number of hydrogen-bond acceptors (Lipinski definition) is 2. The third kappa shape index (κ3) is 1.38. The molecule has 1 rings (SSSR count). The van der Waals surface area contributed by atoms with Crippen LogP contribution in [0.1, 0.15) is 0 Å². The molecule has 0 aliphatic heterocycles. The molecule has 1 saturated carbocycles. The van der Waals surface area contributed by atoms with Crippen LogP contribution in [-0.4, -0.2) is 23.8 Å². The van der Waals surface area contributed by atoms with E-state index in [1.54, 1.807) is 0 Å². The van der Waals surface area contributed by atoms with Gasteiger partial charge in [0, 0.05) is 0 Å². The molecule has 3 nitrogen and oxygen atoms in total. The molecule has 1 aliphatic carbocycles. The minimum atomic E-state index is -4.42. The van der Waals surface area contributed by atoms with Gasteiger partial charge in [-0.15, -0.1) is 0 Å². The molecule has 1 fully saturated rings. The zero-order valence-corrected chi connectivity index (χ0v) is 6.01. The molecule has 0 aromatic heterocycles. The molecule has 3 atom stereocenters. The third-order valence-electron chi connectivity index (χ3n) is 2.10. The van der Waals surface area contributed by atoms with Crippen LogP contribution in [0.3, 0.4) is 0 Å². The van der Waals surface area contributed by atoms with Crippen molar-refractivity contribution in [3.63, 3.8) is 0 Å². The Kier molecular flexibility index (Phi) is 2.03. The van der Waals surface area contributed by atoms with Crippen molar-refractivity contribution >= 4 is 5.97 Å². The standard InChI is InChI=1S/C6H8F3NO2/c7-6(8,9)4-2(1-10)3(4)5(11)12/h2-4H,1,10H2,(H,11,12)/t2-,3+,4+/m1/s1. The zero-order chi connectivity index (χ0) is 9.52. The van der Waals surface area contributed by atoms with Crippen LogP contribution >= 0.6 is 0 Å². The van der Waals surface area contributed by atoms with E-state index in [-0.39, 0.29) is 6.54 Å². The van der Waals surface area contributed by atoms with Gasteiger partial charge in [-0.1, -0.05) is 0 Å². The number of carboxylic acid groups (broad SMARTS) is 1. The maximum Gasteiger partial charge on any atom is 0.393 e. The molecule has 3 N–H and O–H groups in total. The van der Waals surface area contributed by atoms with Crippen LogP contribution in [0.25, 0.3) is 0 Å². The van der Waals surface area contributed by atoms with E-state index in [0.717, 1.165) is 0 Å². The number of aliphatic carboxylic acids is 1. The molecule has 0 saturated heterocycles. The monoisotopic (exact) mass is 183 g/mol. The van der Waals surface area contributed by atoms with E-state index in [2.05, 4.69) is 0 Å². The predicted molar refractivity (Wildman–Crippen MR) is 33.2 cm³/mol. The van der Waals surface area contributed by atoms with E-state index in [1.165, 1.54) is 0 Å². The lowest BCUT2D eigenvalue weighted by molar-refractivity contribution is -0.161. The summed E-state index contributed by atoms with van der Waals surface area (Å²) in [5.41, 5.74) is 4.99. The van der Waals surface area contributed by atoms with Crippen molar-refractivity contribution in [2.24, 2.45) is 23.5 Å². The summed E-state index contributed by atoms with van der Waals surface area (Å²) >= 11 is 0. The molecule has 6 heteroatoms. The smallest absolute Gasteiger partial charge is 0.393 e. The Morgan fingerprint density at radius 2 is 2.00 bits per heavy atom. The van der Waals surface area contributed by atoms with Crippen LogP contribution in [0.15, 0.2) is 0 Å². The fraction of sp³-hybridized carbons (Fsp3) is 0.833. The highest BCUT2D eigenvalue weighted by Crippen LogP contribution is 2.55. The van der Waals surface area contributed by atoms with Crippen LogP contribution in [0.4, 0.5) is 13.2 Å². The quantitative estimate of drug-likeness (QED) is 0.653. The number of alkyl halides is 3. The van der Waals surface area contributed by atoms with Crippen molar-refractivity contribution in [3.05, 3.63) is 0 Å². The third-order valence-corrected chi connectivity index (χ3v) is 2.10. The predicted octanol–water partition coefficient (Wildman–Crippen LogP) is 0.454. The number of rotatable bonds is 2. The Bertz CT molecular complexity index is 203. The van der Waals surface area contributed by atoms with Gasteiger partial charge in [0.25, 0.3) is 0 Å². The maximum atomic E-state index is 12.0. The minimum absolute atomic E-state index is 0.221. The average molecular weight is 183 g/mol. The molecular weight excluding hydrogens is 175 g/mol. The summed E-state index contributed by atoms with van der Waals surface area (Å²) in [5, 5.41) is 8.33. The van der Waals surface area contributed by atoms with Crippen molar-refractivity contribution in [2.45, 2.75) is 6.18 Å². The topological polar surface area (TPSA) is 63.3 Å². The van der Waals surface area contributed by atoms with E-state index in [0.29, 0.717) is 0 Å². The maximum absolute atomic E-state index is 12.0. The first-order valence-electron chi connectivity index (χ1n) is 3.39. The average Bonchev–Trinajstić information content (AvgIpc) is 2.58. The molecule has 0 heterocycles. The van der Waals surface area contributed by atoms with Gasteiger partial charge in [0.15, 0.2) is 0 Å². The van der Waals surface area contributed by atoms with Crippen LogP contribution in [0.5, 0.6) is 0 Å². The van der Waals surface area contributed by atoms with Gasteiger partial charge in [0.1, 0.15) is 0 Å². The van der Waals surface area contributed by atoms with Crippen molar-refractivity contribution in [1.82, 2.24) is 0 Å². The van der Waals surface area contributed by atoms with Gasteiger partial charge in [-0.2, -0.15) is 13.2 Å². The molecule has 1 aliphatic rings. The van der Waals surface area contributed by atoms with Crippen molar-refractivity contribution < 1.29 is 23.1 Å². The Balaban J connectivity index is 2.65. The van der Waals surface area contributed by atoms with E-state index < -0.39 is 29.9 Å². The van der Waals surface area contributed by atoms with Crippen molar-refractivity contribution in [2.75, 3.05) is 6.54 Å². The van der Waals surface area contributed by atoms with Gasteiger partial charge in [-0.05, 0) is 12.5 Å². The van der Waals surface area contributed by atoms with Crippen molar-refractivity contribution in [1.29, 1.82) is 0 Å². The summed E-state index contributed by atoms with van der Waals surface area (Å²) < 4.78 is 35.9. The highest BCUT2D eigenvalue weighted by Gasteiger charge is 2.66. The van der Waals surface area contributed by atoms with Gasteiger partial charge in [-0.3, -0.25) is 4.79 Å². The Hall–Kier alpha value is -0.780. The van der Waals surface area contributed by atoms with Crippen LogP contribution in [0.2, 0.25) is 0 Å². The molecule has 0 radical (unpaired) electrons. The first kappa shape index (κ1) is 9.31. The Labute approximate surface area is 66.4 Å². The molecule has 0 aromatic carbocycles. The second-order valence-corrected chi connectivity index (χ2v) is 2.83. The van der Waals surface area contributed by atoms with Gasteiger partial charge in [-0.25, -0.2) is 0 Å². The summed E-state index contributed by atoms with van der Waals surface area (Å²) in [4.78, 5) is 10.2. The lowest BCUT2D eigenvalue weighted by Crippen LogP contribution is -2.16. The van der Waals surface area contributed by atoms with Gasteiger partial charge in [0.2, 0.25) is 0 Å². The largest absolute Gasteiger partial charge is 0.481 e.